The van der Waals surface area contributed by atoms with E-state index in [4.69, 9.17) is 0 Å². The molecule has 0 unspecified atom stereocenters. The molecular formula is C15H29IN4O2S2. The number of sulfonamides is 1. The lowest BCUT2D eigenvalue weighted by molar-refractivity contribution is 0.444. The monoisotopic (exact) mass is 488 g/mol. The molecule has 0 radical (unpaired) electrons. The van der Waals surface area contributed by atoms with E-state index in [9.17, 15) is 8.42 Å². The maximum absolute atomic E-state index is 12.1. The molecule has 0 aliphatic heterocycles. The van der Waals surface area contributed by atoms with Gasteiger partial charge in [-0.2, -0.15) is 0 Å². The number of hydrogen-bond donors (Lipinski definition) is 1. The number of nitrogens with one attached hydrogen (secondary N) is 1. The van der Waals surface area contributed by atoms with Crippen molar-refractivity contribution in [1.82, 2.24) is 14.5 Å². The highest BCUT2D eigenvalue weighted by atomic mass is 127. The van der Waals surface area contributed by atoms with Gasteiger partial charge in [0.05, 0.1) is 5.75 Å². The van der Waals surface area contributed by atoms with Crippen LogP contribution in [0.4, 0.5) is 0 Å². The van der Waals surface area contributed by atoms with Crippen molar-refractivity contribution in [3.8, 4) is 0 Å². The molecule has 0 aromatic carbocycles. The Morgan fingerprint density at radius 2 is 2.00 bits per heavy atom. The predicted octanol–water partition coefficient (Wildman–Crippen LogP) is 2.09. The summed E-state index contributed by atoms with van der Waals surface area (Å²) in [7, 11) is 0.470. The van der Waals surface area contributed by atoms with E-state index in [1.54, 1.807) is 18.4 Å². The second kappa shape index (κ2) is 12.0. The number of hydrogen-bond acceptors (Lipinski definition) is 4. The van der Waals surface area contributed by atoms with Crippen molar-refractivity contribution in [2.24, 2.45) is 4.99 Å². The number of aliphatic imine (C=N–C) groups is 1. The summed E-state index contributed by atoms with van der Waals surface area (Å²) in [4.78, 5) is 7.57. The number of nitrogens with zero attached hydrogens (tertiary/aromatic N) is 3. The fraction of sp³-hybridized carbons (Fsp3) is 0.667. The van der Waals surface area contributed by atoms with Crippen molar-refractivity contribution in [2.75, 3.05) is 46.0 Å². The first kappa shape index (κ1) is 23.6. The van der Waals surface area contributed by atoms with Gasteiger partial charge in [0.25, 0.3) is 0 Å². The molecule has 0 saturated heterocycles. The lowest BCUT2D eigenvalue weighted by Gasteiger charge is -2.23. The molecule has 0 spiro atoms. The molecule has 0 atom stereocenters. The van der Waals surface area contributed by atoms with Crippen LogP contribution < -0.4 is 5.32 Å². The maximum Gasteiger partial charge on any atom is 0.215 e. The van der Waals surface area contributed by atoms with Crippen LogP contribution in [0.1, 0.15) is 18.7 Å². The fourth-order valence-electron chi connectivity index (χ4n) is 2.26. The highest BCUT2D eigenvalue weighted by Crippen LogP contribution is 2.09. The quantitative estimate of drug-likeness (QED) is 0.329. The minimum Gasteiger partial charge on any atom is -0.355 e. The van der Waals surface area contributed by atoms with Gasteiger partial charge in [0.15, 0.2) is 5.96 Å². The highest BCUT2D eigenvalue weighted by Gasteiger charge is 2.18. The largest absolute Gasteiger partial charge is 0.355 e. The summed E-state index contributed by atoms with van der Waals surface area (Å²) >= 11 is 1.74. The predicted molar refractivity (Wildman–Crippen MR) is 114 cm³/mol. The van der Waals surface area contributed by atoms with Gasteiger partial charge in [-0.1, -0.05) is 19.9 Å². The Bertz CT molecular complexity index is 572. The summed E-state index contributed by atoms with van der Waals surface area (Å²) in [5.74, 6) is 0.795. The van der Waals surface area contributed by atoms with Crippen LogP contribution in [0.25, 0.3) is 0 Å². The molecule has 1 rings (SSSR count). The van der Waals surface area contributed by atoms with E-state index in [1.165, 1.54) is 9.18 Å². The van der Waals surface area contributed by atoms with Gasteiger partial charge in [-0.05, 0) is 17.9 Å². The van der Waals surface area contributed by atoms with E-state index < -0.39 is 10.0 Å². The third-order valence-corrected chi connectivity index (χ3v) is 6.55. The zero-order valence-electron chi connectivity index (χ0n) is 14.9. The molecule has 0 aliphatic rings. The molecule has 140 valence electrons. The van der Waals surface area contributed by atoms with Gasteiger partial charge < -0.3 is 10.2 Å². The van der Waals surface area contributed by atoms with Crippen LogP contribution in [0.15, 0.2) is 22.5 Å². The van der Waals surface area contributed by atoms with Gasteiger partial charge in [0, 0.05) is 45.2 Å². The number of halogens is 1. The molecule has 0 aliphatic carbocycles. The Morgan fingerprint density at radius 3 is 2.50 bits per heavy atom. The standard InChI is InChI=1S/C15H28N4O2S2.HI/c1-5-19(6-2)23(20,21)13-10-17-15(16-3)18(4)11-9-14-8-7-12-22-14;/h7-8,12H,5-6,9-11,13H2,1-4H3,(H,16,17);1H. The van der Waals surface area contributed by atoms with Gasteiger partial charge in [-0.3, -0.25) is 4.99 Å². The average molecular weight is 488 g/mol. The average Bonchev–Trinajstić information content (AvgIpc) is 3.03. The summed E-state index contributed by atoms with van der Waals surface area (Å²) in [5.41, 5.74) is 0. The van der Waals surface area contributed by atoms with Crippen LogP contribution in [0, 0.1) is 0 Å². The molecule has 24 heavy (non-hydrogen) atoms. The third-order valence-electron chi connectivity index (χ3n) is 3.59. The molecule has 6 nitrogen and oxygen atoms in total. The minimum absolute atomic E-state index is 0. The molecule has 0 saturated carbocycles. The first-order valence-electron chi connectivity index (χ1n) is 7.86. The van der Waals surface area contributed by atoms with Crippen molar-refractivity contribution in [1.29, 1.82) is 0 Å². The number of likely N-dealkylation sites (N-methyl/N-ethyl adjacent to an activating group) is 1. The first-order valence-corrected chi connectivity index (χ1v) is 10.4. The van der Waals surface area contributed by atoms with Crippen LogP contribution in [-0.2, 0) is 16.4 Å². The van der Waals surface area contributed by atoms with Gasteiger partial charge in [-0.25, -0.2) is 12.7 Å². The van der Waals surface area contributed by atoms with E-state index in [2.05, 4.69) is 21.8 Å². The molecule has 1 aromatic rings. The molecule has 9 heteroatoms. The molecule has 0 amide bonds. The SMILES string of the molecule is CCN(CC)S(=O)(=O)CCNC(=NC)N(C)CCc1cccs1.I. The van der Waals surface area contributed by atoms with E-state index in [0.717, 1.165) is 18.9 Å². The topological polar surface area (TPSA) is 65.0 Å². The molecule has 0 fully saturated rings. The van der Waals surface area contributed by atoms with E-state index in [-0.39, 0.29) is 29.7 Å². The lowest BCUT2D eigenvalue weighted by atomic mass is 10.3. The smallest absolute Gasteiger partial charge is 0.215 e. The number of rotatable bonds is 9. The van der Waals surface area contributed by atoms with Gasteiger partial charge in [-0.15, -0.1) is 35.3 Å². The molecule has 1 heterocycles. The van der Waals surface area contributed by atoms with E-state index in [0.29, 0.717) is 19.6 Å². The van der Waals surface area contributed by atoms with Crippen LogP contribution in [0.2, 0.25) is 0 Å². The second-order valence-corrected chi connectivity index (χ2v) is 8.25. The van der Waals surface area contributed by atoms with Crippen molar-refractivity contribution >= 4 is 51.3 Å². The summed E-state index contributed by atoms with van der Waals surface area (Å²) in [6.45, 7) is 5.91. The summed E-state index contributed by atoms with van der Waals surface area (Å²) < 4.78 is 25.8. The molecule has 1 N–H and O–H groups in total. The van der Waals surface area contributed by atoms with Crippen molar-refractivity contribution in [3.05, 3.63) is 22.4 Å². The Hall–Kier alpha value is -0.390. The van der Waals surface area contributed by atoms with Crippen LogP contribution in [0.3, 0.4) is 0 Å². The second-order valence-electron chi connectivity index (χ2n) is 5.13. The van der Waals surface area contributed by atoms with Crippen LogP contribution >= 0.6 is 35.3 Å². The van der Waals surface area contributed by atoms with Gasteiger partial charge in [0.1, 0.15) is 0 Å². The molecule has 1 aromatic heterocycles. The third kappa shape index (κ3) is 7.66. The van der Waals surface area contributed by atoms with Crippen molar-refractivity contribution in [2.45, 2.75) is 20.3 Å². The van der Waals surface area contributed by atoms with Gasteiger partial charge in [0.2, 0.25) is 10.0 Å². The fourth-order valence-corrected chi connectivity index (χ4v) is 4.36. The van der Waals surface area contributed by atoms with Gasteiger partial charge >= 0.3 is 0 Å². The Balaban J connectivity index is 0.00000529. The molecule has 0 bridgehead atoms. The minimum atomic E-state index is -3.20. The zero-order valence-corrected chi connectivity index (χ0v) is 18.8. The normalized spacial score (nSPS) is 12.1. The van der Waals surface area contributed by atoms with Crippen LogP contribution in [-0.4, -0.2) is 69.6 Å². The summed E-state index contributed by atoms with van der Waals surface area (Å²) in [5, 5.41) is 5.20. The van der Waals surface area contributed by atoms with E-state index in [1.807, 2.05) is 31.9 Å². The number of guanidine groups is 1. The molecular weight excluding hydrogens is 459 g/mol. The van der Waals surface area contributed by atoms with E-state index >= 15 is 0 Å². The lowest BCUT2D eigenvalue weighted by Crippen LogP contribution is -2.43. The Labute approximate surface area is 167 Å². The maximum atomic E-state index is 12.1. The highest BCUT2D eigenvalue weighted by molar-refractivity contribution is 14.0. The van der Waals surface area contributed by atoms with Crippen molar-refractivity contribution < 1.29 is 8.42 Å². The summed E-state index contributed by atoms with van der Waals surface area (Å²) in [6, 6.07) is 4.16. The summed E-state index contributed by atoms with van der Waals surface area (Å²) in [6.07, 6.45) is 0.951. The first-order chi connectivity index (χ1) is 10.9. The van der Waals surface area contributed by atoms with Crippen LogP contribution in [0.5, 0.6) is 0 Å². The van der Waals surface area contributed by atoms with Crippen molar-refractivity contribution in [3.63, 3.8) is 0 Å². The number of thiophene rings is 1. The zero-order chi connectivity index (χ0) is 17.3. The Morgan fingerprint density at radius 1 is 1.33 bits per heavy atom. The Kier molecular flexibility index (Phi) is 11.8.